The number of halogens is 1. The van der Waals surface area contributed by atoms with Crippen molar-refractivity contribution >= 4 is 29.9 Å². The lowest BCUT2D eigenvalue weighted by Gasteiger charge is -2.17. The summed E-state index contributed by atoms with van der Waals surface area (Å²) < 4.78 is 1.77. The van der Waals surface area contributed by atoms with Gasteiger partial charge in [0, 0.05) is 33.7 Å². The van der Waals surface area contributed by atoms with Gasteiger partial charge in [-0.15, -0.1) is 24.0 Å². The number of aliphatic imine (C=N–C) groups is 1. The van der Waals surface area contributed by atoms with Crippen LogP contribution in [0.5, 0.6) is 0 Å². The van der Waals surface area contributed by atoms with Crippen molar-refractivity contribution < 1.29 is 0 Å². The number of benzene rings is 1. The highest BCUT2D eigenvalue weighted by Gasteiger charge is 2.22. The van der Waals surface area contributed by atoms with Crippen molar-refractivity contribution in [3.05, 3.63) is 48.0 Å². The fraction of sp³-hybridized carbons (Fsp3) is 0.526. The van der Waals surface area contributed by atoms with Crippen molar-refractivity contribution in [1.82, 2.24) is 30.3 Å². The van der Waals surface area contributed by atoms with Crippen LogP contribution in [0.1, 0.15) is 17.8 Å². The Morgan fingerprint density at radius 3 is 2.78 bits per heavy atom. The van der Waals surface area contributed by atoms with E-state index in [-0.39, 0.29) is 24.0 Å². The molecule has 1 aliphatic heterocycles. The van der Waals surface area contributed by atoms with E-state index >= 15 is 0 Å². The zero-order valence-corrected chi connectivity index (χ0v) is 18.5. The Hall–Kier alpha value is -1.68. The number of hydrogen-bond donors (Lipinski definition) is 2. The van der Waals surface area contributed by atoms with Crippen LogP contribution in [0.3, 0.4) is 0 Å². The molecule has 2 heterocycles. The summed E-state index contributed by atoms with van der Waals surface area (Å²) >= 11 is 0. The first-order valence-corrected chi connectivity index (χ1v) is 9.28. The number of nitrogens with zero attached hydrogens (tertiary/aromatic N) is 5. The van der Waals surface area contributed by atoms with E-state index in [9.17, 15) is 0 Å². The molecule has 3 rings (SSSR count). The molecule has 1 fully saturated rings. The molecule has 0 radical (unpaired) electrons. The molecular weight excluding hydrogens is 453 g/mol. The van der Waals surface area contributed by atoms with Crippen LogP contribution >= 0.6 is 24.0 Å². The summed E-state index contributed by atoms with van der Waals surface area (Å²) in [5.74, 6) is 2.37. The Balaban J connectivity index is 0.00000261. The molecular formula is C19H30IN7. The molecule has 0 saturated carbocycles. The van der Waals surface area contributed by atoms with Crippen molar-refractivity contribution in [1.29, 1.82) is 0 Å². The molecule has 1 saturated heterocycles. The number of aromatic nitrogens is 3. The fourth-order valence-corrected chi connectivity index (χ4v) is 3.32. The van der Waals surface area contributed by atoms with Gasteiger partial charge in [-0.1, -0.05) is 30.3 Å². The van der Waals surface area contributed by atoms with Crippen molar-refractivity contribution in [3.63, 3.8) is 0 Å². The standard InChI is InChI=1S/C19H29N7.HI/c1-20-19(22-13-18-23-15-24-25(18)2)21-12-17-9-11-26(14-17)10-8-16-6-4-3-5-7-16;/h3-7,15,17H,8-14H2,1-2H3,(H2,20,21,22);1H. The molecule has 1 aliphatic rings. The Morgan fingerprint density at radius 2 is 2.07 bits per heavy atom. The van der Waals surface area contributed by atoms with Crippen LogP contribution in [0.4, 0.5) is 0 Å². The van der Waals surface area contributed by atoms with Gasteiger partial charge < -0.3 is 15.5 Å². The maximum Gasteiger partial charge on any atom is 0.191 e. The van der Waals surface area contributed by atoms with Gasteiger partial charge in [0.05, 0.1) is 6.54 Å². The third-order valence-electron chi connectivity index (χ3n) is 4.93. The van der Waals surface area contributed by atoms with Gasteiger partial charge in [-0.3, -0.25) is 9.67 Å². The first kappa shape index (κ1) is 21.6. The highest BCUT2D eigenvalue weighted by molar-refractivity contribution is 14.0. The molecule has 1 unspecified atom stereocenters. The second-order valence-corrected chi connectivity index (χ2v) is 6.80. The van der Waals surface area contributed by atoms with Crippen LogP contribution in [0, 0.1) is 5.92 Å². The number of likely N-dealkylation sites (tertiary alicyclic amines) is 1. The zero-order valence-electron chi connectivity index (χ0n) is 16.1. The SMILES string of the molecule is CN=C(NCc1ncnn1C)NCC1CCN(CCc2ccccc2)C1.I. The summed E-state index contributed by atoms with van der Waals surface area (Å²) in [5, 5.41) is 10.8. The van der Waals surface area contributed by atoms with Gasteiger partial charge >= 0.3 is 0 Å². The normalized spacial score (nSPS) is 17.6. The van der Waals surface area contributed by atoms with E-state index in [1.54, 1.807) is 18.1 Å². The van der Waals surface area contributed by atoms with Crippen molar-refractivity contribution in [2.45, 2.75) is 19.4 Å². The molecule has 0 bridgehead atoms. The van der Waals surface area contributed by atoms with E-state index in [1.165, 1.54) is 18.5 Å². The van der Waals surface area contributed by atoms with E-state index in [0.717, 1.165) is 37.8 Å². The van der Waals surface area contributed by atoms with Gasteiger partial charge in [-0.2, -0.15) is 5.10 Å². The van der Waals surface area contributed by atoms with E-state index in [4.69, 9.17) is 0 Å². The Morgan fingerprint density at radius 1 is 1.26 bits per heavy atom. The summed E-state index contributed by atoms with van der Waals surface area (Å²) in [6.45, 7) is 5.04. The highest BCUT2D eigenvalue weighted by Crippen LogP contribution is 2.16. The second kappa shape index (κ2) is 11.2. The van der Waals surface area contributed by atoms with Crippen LogP contribution in [0.15, 0.2) is 41.7 Å². The van der Waals surface area contributed by atoms with E-state index in [2.05, 4.69) is 60.9 Å². The minimum Gasteiger partial charge on any atom is -0.356 e. The fourth-order valence-electron chi connectivity index (χ4n) is 3.32. The first-order chi connectivity index (χ1) is 12.7. The molecule has 1 aromatic heterocycles. The largest absolute Gasteiger partial charge is 0.356 e. The molecule has 2 N–H and O–H groups in total. The highest BCUT2D eigenvalue weighted by atomic mass is 127. The number of nitrogens with one attached hydrogen (secondary N) is 2. The van der Waals surface area contributed by atoms with Gasteiger partial charge in [0.1, 0.15) is 12.2 Å². The quantitative estimate of drug-likeness (QED) is 0.356. The first-order valence-electron chi connectivity index (χ1n) is 9.28. The summed E-state index contributed by atoms with van der Waals surface area (Å²) in [4.78, 5) is 11.1. The van der Waals surface area contributed by atoms with Crippen LogP contribution in [-0.2, 0) is 20.0 Å². The van der Waals surface area contributed by atoms with Crippen LogP contribution in [-0.4, -0.2) is 58.9 Å². The Labute approximate surface area is 178 Å². The van der Waals surface area contributed by atoms with Gasteiger partial charge in [0.15, 0.2) is 5.96 Å². The van der Waals surface area contributed by atoms with E-state index in [1.807, 2.05) is 7.05 Å². The molecule has 0 spiro atoms. The Kier molecular flexibility index (Phi) is 8.99. The minimum atomic E-state index is 0. The lowest BCUT2D eigenvalue weighted by Crippen LogP contribution is -2.40. The second-order valence-electron chi connectivity index (χ2n) is 6.80. The van der Waals surface area contributed by atoms with Gasteiger partial charge in [-0.05, 0) is 30.9 Å². The van der Waals surface area contributed by atoms with Crippen molar-refractivity contribution in [2.75, 3.05) is 33.2 Å². The van der Waals surface area contributed by atoms with Gasteiger partial charge in [-0.25, -0.2) is 4.98 Å². The number of guanidine groups is 1. The average Bonchev–Trinajstić information content (AvgIpc) is 3.30. The molecule has 148 valence electrons. The number of aryl methyl sites for hydroxylation is 1. The molecule has 7 nitrogen and oxygen atoms in total. The van der Waals surface area contributed by atoms with Crippen LogP contribution in [0.25, 0.3) is 0 Å². The summed E-state index contributed by atoms with van der Waals surface area (Å²) in [7, 11) is 3.69. The molecule has 1 atom stereocenters. The monoisotopic (exact) mass is 483 g/mol. The maximum absolute atomic E-state index is 4.30. The summed E-state index contributed by atoms with van der Waals surface area (Å²) in [6, 6.07) is 10.7. The average molecular weight is 483 g/mol. The molecule has 1 aromatic carbocycles. The topological polar surface area (TPSA) is 70.4 Å². The van der Waals surface area contributed by atoms with Crippen LogP contribution < -0.4 is 10.6 Å². The predicted octanol–water partition coefficient (Wildman–Crippen LogP) is 1.66. The number of rotatable bonds is 7. The molecule has 0 aliphatic carbocycles. The smallest absolute Gasteiger partial charge is 0.191 e. The van der Waals surface area contributed by atoms with Crippen LogP contribution in [0.2, 0.25) is 0 Å². The molecule has 27 heavy (non-hydrogen) atoms. The van der Waals surface area contributed by atoms with E-state index < -0.39 is 0 Å². The maximum atomic E-state index is 4.30. The third kappa shape index (κ3) is 6.76. The van der Waals surface area contributed by atoms with Gasteiger partial charge in [0.25, 0.3) is 0 Å². The molecule has 8 heteroatoms. The zero-order chi connectivity index (χ0) is 18.2. The number of hydrogen-bond acceptors (Lipinski definition) is 4. The minimum absolute atomic E-state index is 0. The molecule has 0 amide bonds. The molecule has 2 aromatic rings. The Bertz CT molecular complexity index is 701. The van der Waals surface area contributed by atoms with E-state index in [0.29, 0.717) is 12.5 Å². The summed E-state index contributed by atoms with van der Waals surface area (Å²) in [5.41, 5.74) is 1.42. The summed E-state index contributed by atoms with van der Waals surface area (Å²) in [6.07, 6.45) is 3.93. The van der Waals surface area contributed by atoms with Crippen molar-refractivity contribution in [3.8, 4) is 0 Å². The predicted molar refractivity (Wildman–Crippen MR) is 119 cm³/mol. The lowest BCUT2D eigenvalue weighted by atomic mass is 10.1. The lowest BCUT2D eigenvalue weighted by molar-refractivity contribution is 0.328. The third-order valence-corrected chi connectivity index (χ3v) is 4.93. The van der Waals surface area contributed by atoms with Crippen molar-refractivity contribution in [2.24, 2.45) is 18.0 Å². The van der Waals surface area contributed by atoms with Gasteiger partial charge in [0.2, 0.25) is 0 Å².